The van der Waals surface area contributed by atoms with Crippen LogP contribution >= 0.6 is 11.3 Å². The van der Waals surface area contributed by atoms with E-state index >= 15 is 0 Å². The van der Waals surface area contributed by atoms with E-state index in [4.69, 9.17) is 0 Å². The molecule has 2 rings (SSSR count). The van der Waals surface area contributed by atoms with Gasteiger partial charge in [-0.1, -0.05) is 44.2 Å². The zero-order valence-electron chi connectivity index (χ0n) is 13.5. The summed E-state index contributed by atoms with van der Waals surface area (Å²) in [5.41, 5.74) is 1.31. The van der Waals surface area contributed by atoms with Crippen molar-refractivity contribution in [1.82, 2.24) is 15.6 Å². The van der Waals surface area contributed by atoms with E-state index in [1.807, 2.05) is 44.2 Å². The molecule has 2 amide bonds. The number of carbonyl (C=O) groups is 2. The van der Waals surface area contributed by atoms with Crippen LogP contribution in [0.3, 0.4) is 0 Å². The normalized spacial score (nSPS) is 12.0. The summed E-state index contributed by atoms with van der Waals surface area (Å²) < 4.78 is 0. The average molecular weight is 331 g/mol. The first kappa shape index (κ1) is 17.1. The van der Waals surface area contributed by atoms with Gasteiger partial charge in [0.1, 0.15) is 16.7 Å². The fourth-order valence-corrected chi connectivity index (χ4v) is 3.01. The highest BCUT2D eigenvalue weighted by Gasteiger charge is 2.22. The largest absolute Gasteiger partial charge is 0.357 e. The van der Waals surface area contributed by atoms with Crippen molar-refractivity contribution in [2.75, 3.05) is 7.05 Å². The Morgan fingerprint density at radius 2 is 1.91 bits per heavy atom. The SMILES string of the molecule is CNC(=O)[C@@H](CC(C)C)NC(=O)c1csc(-c2ccccc2)n1. The Morgan fingerprint density at radius 3 is 2.52 bits per heavy atom. The highest BCUT2D eigenvalue weighted by Crippen LogP contribution is 2.23. The lowest BCUT2D eigenvalue weighted by molar-refractivity contribution is -0.122. The summed E-state index contributed by atoms with van der Waals surface area (Å²) in [6.45, 7) is 4.02. The van der Waals surface area contributed by atoms with Gasteiger partial charge in [0, 0.05) is 18.0 Å². The molecule has 6 heteroatoms. The smallest absolute Gasteiger partial charge is 0.271 e. The molecule has 1 aromatic heterocycles. The van der Waals surface area contributed by atoms with E-state index in [9.17, 15) is 9.59 Å². The average Bonchev–Trinajstić information content (AvgIpc) is 3.04. The maximum atomic E-state index is 12.4. The van der Waals surface area contributed by atoms with Crippen molar-refractivity contribution in [1.29, 1.82) is 0 Å². The monoisotopic (exact) mass is 331 g/mol. The molecule has 2 aromatic rings. The van der Waals surface area contributed by atoms with Gasteiger partial charge >= 0.3 is 0 Å². The Morgan fingerprint density at radius 1 is 1.22 bits per heavy atom. The Bertz CT molecular complexity index is 667. The third kappa shape index (κ3) is 4.63. The van der Waals surface area contributed by atoms with Crippen LogP contribution in [-0.4, -0.2) is 29.9 Å². The molecule has 2 N–H and O–H groups in total. The maximum Gasteiger partial charge on any atom is 0.271 e. The molecular weight excluding hydrogens is 310 g/mol. The first-order valence-electron chi connectivity index (χ1n) is 7.54. The Balaban J connectivity index is 2.11. The number of nitrogens with zero attached hydrogens (tertiary/aromatic N) is 1. The molecule has 0 bridgehead atoms. The minimum atomic E-state index is -0.547. The van der Waals surface area contributed by atoms with Gasteiger partial charge in [-0.15, -0.1) is 11.3 Å². The zero-order chi connectivity index (χ0) is 16.8. The Labute approximate surface area is 140 Å². The summed E-state index contributed by atoms with van der Waals surface area (Å²) in [6.07, 6.45) is 0.584. The first-order chi connectivity index (χ1) is 11.0. The zero-order valence-corrected chi connectivity index (χ0v) is 14.3. The van der Waals surface area contributed by atoms with E-state index in [-0.39, 0.29) is 11.8 Å². The number of thiazole rings is 1. The fraction of sp³-hybridized carbons (Fsp3) is 0.353. The lowest BCUT2D eigenvalue weighted by Gasteiger charge is -2.18. The molecule has 0 spiro atoms. The molecule has 0 saturated heterocycles. The predicted octanol–water partition coefficient (Wildman–Crippen LogP) is 2.70. The van der Waals surface area contributed by atoms with Gasteiger partial charge in [-0.25, -0.2) is 4.98 Å². The molecular formula is C17H21N3O2S. The fourth-order valence-electron chi connectivity index (χ4n) is 2.20. The molecule has 122 valence electrons. The van der Waals surface area contributed by atoms with Crippen LogP contribution in [0.5, 0.6) is 0 Å². The summed E-state index contributed by atoms with van der Waals surface area (Å²) in [7, 11) is 1.57. The van der Waals surface area contributed by atoms with E-state index < -0.39 is 6.04 Å². The Kier molecular flexibility index (Phi) is 5.87. The minimum Gasteiger partial charge on any atom is -0.357 e. The third-order valence-electron chi connectivity index (χ3n) is 3.33. The highest BCUT2D eigenvalue weighted by molar-refractivity contribution is 7.13. The van der Waals surface area contributed by atoms with Crippen LogP contribution in [0.4, 0.5) is 0 Å². The van der Waals surface area contributed by atoms with E-state index in [0.717, 1.165) is 10.6 Å². The molecule has 0 aliphatic heterocycles. The first-order valence-corrected chi connectivity index (χ1v) is 8.42. The van der Waals surface area contributed by atoms with Gasteiger partial charge in [0.15, 0.2) is 0 Å². The summed E-state index contributed by atoms with van der Waals surface area (Å²) >= 11 is 1.41. The van der Waals surface area contributed by atoms with Gasteiger partial charge in [0.25, 0.3) is 5.91 Å². The van der Waals surface area contributed by atoms with Gasteiger partial charge < -0.3 is 10.6 Å². The van der Waals surface area contributed by atoms with Crippen LogP contribution < -0.4 is 10.6 Å². The van der Waals surface area contributed by atoms with Crippen LogP contribution in [0.15, 0.2) is 35.7 Å². The number of carbonyl (C=O) groups excluding carboxylic acids is 2. The van der Waals surface area contributed by atoms with Gasteiger partial charge in [0.2, 0.25) is 5.91 Å². The van der Waals surface area contributed by atoms with Crippen molar-refractivity contribution in [3.05, 3.63) is 41.4 Å². The minimum absolute atomic E-state index is 0.189. The number of benzene rings is 1. The van der Waals surface area contributed by atoms with E-state index in [2.05, 4.69) is 15.6 Å². The number of aromatic nitrogens is 1. The molecule has 1 heterocycles. The molecule has 1 atom stereocenters. The molecule has 0 saturated carbocycles. The van der Waals surface area contributed by atoms with Crippen molar-refractivity contribution in [2.24, 2.45) is 5.92 Å². The second-order valence-electron chi connectivity index (χ2n) is 5.67. The van der Waals surface area contributed by atoms with Crippen molar-refractivity contribution >= 4 is 23.2 Å². The number of nitrogens with one attached hydrogen (secondary N) is 2. The molecule has 23 heavy (non-hydrogen) atoms. The summed E-state index contributed by atoms with van der Waals surface area (Å²) in [5, 5.41) is 7.86. The standard InChI is InChI=1S/C17H21N3O2S/c1-11(2)9-13(15(21)18-3)19-16(22)14-10-23-17(20-14)12-7-5-4-6-8-12/h4-8,10-11,13H,9H2,1-3H3,(H,18,21)(H,19,22)/t13-/m1/s1. The topological polar surface area (TPSA) is 71.1 Å². The van der Waals surface area contributed by atoms with Crippen molar-refractivity contribution in [3.63, 3.8) is 0 Å². The molecule has 0 fully saturated rings. The van der Waals surface area contributed by atoms with E-state index in [1.54, 1.807) is 12.4 Å². The second kappa shape index (κ2) is 7.87. The van der Waals surface area contributed by atoms with Crippen LogP contribution in [0.1, 0.15) is 30.8 Å². The lowest BCUT2D eigenvalue weighted by atomic mass is 10.0. The number of hydrogen-bond donors (Lipinski definition) is 2. The summed E-state index contributed by atoms with van der Waals surface area (Å²) in [6, 6.07) is 9.15. The highest BCUT2D eigenvalue weighted by atomic mass is 32.1. The lowest BCUT2D eigenvalue weighted by Crippen LogP contribution is -2.46. The van der Waals surface area contributed by atoms with Crippen molar-refractivity contribution < 1.29 is 9.59 Å². The van der Waals surface area contributed by atoms with E-state index in [0.29, 0.717) is 18.0 Å². The van der Waals surface area contributed by atoms with Crippen LogP contribution in [0.2, 0.25) is 0 Å². The number of likely N-dealkylation sites (N-methyl/N-ethyl adjacent to an activating group) is 1. The van der Waals surface area contributed by atoms with Gasteiger partial charge in [0.05, 0.1) is 0 Å². The van der Waals surface area contributed by atoms with Gasteiger partial charge in [-0.3, -0.25) is 9.59 Å². The van der Waals surface area contributed by atoms with Crippen LogP contribution in [0, 0.1) is 5.92 Å². The van der Waals surface area contributed by atoms with Crippen LogP contribution in [-0.2, 0) is 4.79 Å². The molecule has 0 aliphatic carbocycles. The number of rotatable bonds is 6. The molecule has 0 aliphatic rings. The number of amides is 2. The summed E-state index contributed by atoms with van der Waals surface area (Å²) in [5.74, 6) is -0.212. The van der Waals surface area contributed by atoms with Crippen molar-refractivity contribution in [3.8, 4) is 10.6 Å². The van der Waals surface area contributed by atoms with Gasteiger partial charge in [-0.2, -0.15) is 0 Å². The predicted molar refractivity (Wildman–Crippen MR) is 92.3 cm³/mol. The Hall–Kier alpha value is -2.21. The quantitative estimate of drug-likeness (QED) is 0.855. The number of hydrogen-bond acceptors (Lipinski definition) is 4. The summed E-state index contributed by atoms with van der Waals surface area (Å²) in [4.78, 5) is 28.6. The third-order valence-corrected chi connectivity index (χ3v) is 4.22. The van der Waals surface area contributed by atoms with Crippen LogP contribution in [0.25, 0.3) is 10.6 Å². The molecule has 1 aromatic carbocycles. The molecule has 5 nitrogen and oxygen atoms in total. The second-order valence-corrected chi connectivity index (χ2v) is 6.53. The molecule has 0 unspecified atom stereocenters. The van der Waals surface area contributed by atoms with Crippen molar-refractivity contribution in [2.45, 2.75) is 26.3 Å². The maximum absolute atomic E-state index is 12.4. The van der Waals surface area contributed by atoms with E-state index in [1.165, 1.54) is 11.3 Å². The van der Waals surface area contributed by atoms with Gasteiger partial charge in [-0.05, 0) is 12.3 Å². The molecule has 0 radical (unpaired) electrons.